The predicted molar refractivity (Wildman–Crippen MR) is 70.4 cm³/mol. The summed E-state index contributed by atoms with van der Waals surface area (Å²) in [6, 6.07) is 0. The Morgan fingerprint density at radius 2 is 2.00 bits per heavy atom. The summed E-state index contributed by atoms with van der Waals surface area (Å²) in [6.45, 7) is 2.06. The Bertz CT molecular complexity index is 302. The molecule has 0 aromatic rings. The van der Waals surface area contributed by atoms with Crippen molar-refractivity contribution in [3.8, 4) is 0 Å². The summed E-state index contributed by atoms with van der Waals surface area (Å²) in [4.78, 5) is 11.6. The number of esters is 1. The molecule has 4 atom stereocenters. The molecule has 0 spiro atoms. The Morgan fingerprint density at radius 3 is 2.68 bits per heavy atom. The van der Waals surface area contributed by atoms with Gasteiger partial charge in [0.25, 0.3) is 0 Å². The second-order valence-corrected chi connectivity index (χ2v) is 5.00. The highest BCUT2D eigenvalue weighted by molar-refractivity contribution is 5.69. The van der Waals surface area contributed by atoms with E-state index in [1.165, 1.54) is 12.2 Å². The van der Waals surface area contributed by atoms with Crippen molar-refractivity contribution in [1.82, 2.24) is 0 Å². The first kappa shape index (κ1) is 16.1. The van der Waals surface area contributed by atoms with E-state index in [0.29, 0.717) is 6.42 Å². The van der Waals surface area contributed by atoms with E-state index in [9.17, 15) is 20.1 Å². The maximum absolute atomic E-state index is 11.6. The van der Waals surface area contributed by atoms with Crippen LogP contribution in [0.5, 0.6) is 0 Å². The number of aliphatic hydroxyl groups is 3. The first-order valence-corrected chi connectivity index (χ1v) is 6.96. The molecule has 0 aliphatic carbocycles. The molecule has 0 bridgehead atoms. The van der Waals surface area contributed by atoms with E-state index in [4.69, 9.17) is 4.74 Å². The highest BCUT2D eigenvalue weighted by atomic mass is 16.6. The third kappa shape index (κ3) is 5.72. The molecule has 19 heavy (non-hydrogen) atoms. The van der Waals surface area contributed by atoms with Crippen LogP contribution in [0.25, 0.3) is 0 Å². The highest BCUT2D eigenvalue weighted by Crippen LogP contribution is 2.17. The normalized spacial score (nSPS) is 34.6. The van der Waals surface area contributed by atoms with Crippen molar-refractivity contribution in [1.29, 1.82) is 0 Å². The molecule has 1 heterocycles. The number of unbranched alkanes of at least 4 members (excludes halogenated alkanes) is 2. The fourth-order valence-electron chi connectivity index (χ4n) is 2.06. The van der Waals surface area contributed by atoms with Crippen molar-refractivity contribution in [3.63, 3.8) is 0 Å². The standard InChI is InChI=1S/C14H24O5/c1-2-3-4-5-12-14(18)11(16)8-6-10(15)7-9-13(17)19-12/h6,8,10-12,14-16,18H,2-5,7,9H2,1H3/b8-6+/t10-,11+,12-,14-/m1/s1. The van der Waals surface area contributed by atoms with Gasteiger partial charge in [-0.25, -0.2) is 0 Å². The Balaban J connectivity index is 2.69. The number of carbonyl (C=O) groups excluding carboxylic acids is 1. The molecule has 3 N–H and O–H groups in total. The lowest BCUT2D eigenvalue weighted by atomic mass is 10.00. The van der Waals surface area contributed by atoms with Gasteiger partial charge in [-0.3, -0.25) is 4.79 Å². The van der Waals surface area contributed by atoms with Gasteiger partial charge in [0, 0.05) is 6.42 Å². The molecule has 5 heteroatoms. The topological polar surface area (TPSA) is 87.0 Å². The number of hydrogen-bond acceptors (Lipinski definition) is 5. The summed E-state index contributed by atoms with van der Waals surface area (Å²) in [5.41, 5.74) is 0. The first-order chi connectivity index (χ1) is 9.04. The number of hydrogen-bond donors (Lipinski definition) is 3. The largest absolute Gasteiger partial charge is 0.459 e. The van der Waals surface area contributed by atoms with E-state index in [0.717, 1.165) is 19.3 Å². The van der Waals surface area contributed by atoms with Crippen LogP contribution in [0.4, 0.5) is 0 Å². The molecule has 0 amide bonds. The van der Waals surface area contributed by atoms with E-state index in [1.54, 1.807) is 0 Å². The van der Waals surface area contributed by atoms with Gasteiger partial charge in [-0.15, -0.1) is 0 Å². The van der Waals surface area contributed by atoms with Crippen LogP contribution in [0.1, 0.15) is 45.4 Å². The summed E-state index contributed by atoms with van der Waals surface area (Å²) in [5, 5.41) is 29.3. The number of cyclic esters (lactones) is 1. The molecule has 1 aliphatic heterocycles. The van der Waals surface area contributed by atoms with Crippen LogP contribution < -0.4 is 0 Å². The molecule has 1 aliphatic rings. The van der Waals surface area contributed by atoms with Crippen molar-refractivity contribution in [3.05, 3.63) is 12.2 Å². The number of ether oxygens (including phenoxy) is 1. The second-order valence-electron chi connectivity index (χ2n) is 5.00. The smallest absolute Gasteiger partial charge is 0.306 e. The van der Waals surface area contributed by atoms with Crippen molar-refractivity contribution in [2.45, 2.75) is 69.9 Å². The van der Waals surface area contributed by atoms with Crippen LogP contribution in [0, 0.1) is 0 Å². The predicted octanol–water partition coefficient (Wildman–Crippen LogP) is 0.911. The molecule has 0 radical (unpaired) electrons. The molecule has 0 saturated heterocycles. The molecule has 1 rings (SSSR count). The Kier molecular flexibility index (Phi) is 7.05. The molecule has 5 nitrogen and oxygen atoms in total. The zero-order valence-corrected chi connectivity index (χ0v) is 11.4. The maximum atomic E-state index is 11.6. The third-order valence-electron chi connectivity index (χ3n) is 3.28. The summed E-state index contributed by atoms with van der Waals surface area (Å²) >= 11 is 0. The summed E-state index contributed by atoms with van der Waals surface area (Å²) < 4.78 is 5.21. The van der Waals surface area contributed by atoms with Gasteiger partial charge in [0.15, 0.2) is 0 Å². The van der Waals surface area contributed by atoms with Crippen LogP contribution in [0.2, 0.25) is 0 Å². The zero-order valence-electron chi connectivity index (χ0n) is 11.4. The zero-order chi connectivity index (χ0) is 14.3. The SMILES string of the molecule is CCCCC[C@H]1OC(=O)CC[C@H](O)/C=C/[C@H](O)[C@H]1O. The average molecular weight is 272 g/mol. The number of carbonyl (C=O) groups is 1. The lowest BCUT2D eigenvalue weighted by Crippen LogP contribution is -2.40. The van der Waals surface area contributed by atoms with Crippen LogP contribution in [-0.2, 0) is 9.53 Å². The molecule has 0 fully saturated rings. The van der Waals surface area contributed by atoms with Crippen LogP contribution in [-0.4, -0.2) is 45.7 Å². The van der Waals surface area contributed by atoms with Crippen molar-refractivity contribution >= 4 is 5.97 Å². The van der Waals surface area contributed by atoms with E-state index in [2.05, 4.69) is 6.92 Å². The summed E-state index contributed by atoms with van der Waals surface area (Å²) in [7, 11) is 0. The minimum Gasteiger partial charge on any atom is -0.459 e. The number of aliphatic hydroxyl groups excluding tert-OH is 3. The summed E-state index contributed by atoms with van der Waals surface area (Å²) in [5.74, 6) is -0.443. The fraction of sp³-hybridized carbons (Fsp3) is 0.786. The highest BCUT2D eigenvalue weighted by Gasteiger charge is 2.28. The lowest BCUT2D eigenvalue weighted by molar-refractivity contribution is -0.160. The fourth-order valence-corrected chi connectivity index (χ4v) is 2.06. The molecule has 0 aromatic carbocycles. The third-order valence-corrected chi connectivity index (χ3v) is 3.28. The Morgan fingerprint density at radius 1 is 1.26 bits per heavy atom. The van der Waals surface area contributed by atoms with Crippen LogP contribution in [0.3, 0.4) is 0 Å². The van der Waals surface area contributed by atoms with Gasteiger partial charge in [-0.05, 0) is 19.3 Å². The van der Waals surface area contributed by atoms with Crippen molar-refractivity contribution < 1.29 is 24.9 Å². The Hall–Kier alpha value is -0.910. The molecular formula is C14H24O5. The van der Waals surface area contributed by atoms with Crippen molar-refractivity contribution in [2.24, 2.45) is 0 Å². The minimum absolute atomic E-state index is 0.110. The van der Waals surface area contributed by atoms with E-state index >= 15 is 0 Å². The van der Waals surface area contributed by atoms with Crippen LogP contribution >= 0.6 is 0 Å². The van der Waals surface area contributed by atoms with Gasteiger partial charge < -0.3 is 20.1 Å². The maximum Gasteiger partial charge on any atom is 0.306 e. The lowest BCUT2D eigenvalue weighted by Gasteiger charge is -2.26. The Labute approximate surface area is 113 Å². The first-order valence-electron chi connectivity index (χ1n) is 6.96. The minimum atomic E-state index is -1.15. The monoisotopic (exact) mass is 272 g/mol. The van der Waals surface area contributed by atoms with Gasteiger partial charge in [0.1, 0.15) is 18.3 Å². The second kappa shape index (κ2) is 8.30. The quantitative estimate of drug-likeness (QED) is 0.402. The summed E-state index contributed by atoms with van der Waals surface area (Å²) in [6.07, 6.45) is 2.78. The van der Waals surface area contributed by atoms with Gasteiger partial charge >= 0.3 is 5.97 Å². The van der Waals surface area contributed by atoms with Crippen LogP contribution in [0.15, 0.2) is 12.2 Å². The van der Waals surface area contributed by atoms with Gasteiger partial charge in [0.2, 0.25) is 0 Å². The number of rotatable bonds is 4. The molecule has 0 aromatic heterocycles. The van der Waals surface area contributed by atoms with Gasteiger partial charge in [-0.1, -0.05) is 31.9 Å². The van der Waals surface area contributed by atoms with Crippen molar-refractivity contribution in [2.75, 3.05) is 0 Å². The van der Waals surface area contributed by atoms with E-state index < -0.39 is 30.4 Å². The molecule has 110 valence electrons. The molecule has 0 saturated carbocycles. The average Bonchev–Trinajstić information content (AvgIpc) is 2.39. The van der Waals surface area contributed by atoms with E-state index in [-0.39, 0.29) is 12.8 Å². The molecule has 0 unspecified atom stereocenters. The van der Waals surface area contributed by atoms with Gasteiger partial charge in [0.05, 0.1) is 6.10 Å². The van der Waals surface area contributed by atoms with Gasteiger partial charge in [-0.2, -0.15) is 0 Å². The molecular weight excluding hydrogens is 248 g/mol. The van der Waals surface area contributed by atoms with E-state index in [1.807, 2.05) is 0 Å².